The molecule has 0 fully saturated rings. The molecule has 0 radical (unpaired) electrons. The molecule has 1 heterocycles. The summed E-state index contributed by atoms with van der Waals surface area (Å²) in [4.78, 5) is 16.8. The van der Waals surface area contributed by atoms with Crippen LogP contribution in [-0.2, 0) is 4.79 Å². The van der Waals surface area contributed by atoms with E-state index in [0.717, 1.165) is 0 Å². The normalized spacial score (nSPS) is 24.9. The molecule has 1 aromatic rings. The van der Waals surface area contributed by atoms with Crippen molar-refractivity contribution in [3.05, 3.63) is 47.2 Å². The molecule has 0 saturated heterocycles. The van der Waals surface area contributed by atoms with Gasteiger partial charge in [0.05, 0.1) is 11.1 Å². The molecular weight excluding hydrogens is 210 g/mol. The summed E-state index contributed by atoms with van der Waals surface area (Å²) in [7, 11) is 0. The second-order valence-corrected chi connectivity index (χ2v) is 4.50. The molecule has 1 aliphatic heterocycles. The molecule has 0 N–H and O–H groups in total. The van der Waals surface area contributed by atoms with Crippen LogP contribution in [0.1, 0.15) is 41.3 Å². The summed E-state index contributed by atoms with van der Waals surface area (Å²) in [6.45, 7) is -2.60. The number of ketones is 1. The Morgan fingerprint density at radius 3 is 2.47 bits per heavy atom. The first-order valence-electron chi connectivity index (χ1n) is 8.31. The summed E-state index contributed by atoms with van der Waals surface area (Å²) < 4.78 is 45.0. The van der Waals surface area contributed by atoms with Crippen molar-refractivity contribution in [2.75, 3.05) is 0 Å². The molecule has 0 saturated carbocycles. The highest BCUT2D eigenvalue weighted by Gasteiger charge is 2.41. The molecule has 2 heteroatoms. The molecule has 1 aromatic carbocycles. The minimum atomic E-state index is -2.91. The van der Waals surface area contributed by atoms with Crippen molar-refractivity contribution >= 4 is 11.5 Å². The maximum absolute atomic E-state index is 12.7. The molecule has 2 nitrogen and oxygen atoms in total. The van der Waals surface area contributed by atoms with E-state index in [1.807, 2.05) is 0 Å². The van der Waals surface area contributed by atoms with E-state index in [0.29, 0.717) is 11.3 Å². The van der Waals surface area contributed by atoms with Crippen molar-refractivity contribution in [1.82, 2.24) is 0 Å². The summed E-state index contributed by atoms with van der Waals surface area (Å²) in [5.74, 6) is -0.585. The fourth-order valence-corrected chi connectivity index (χ4v) is 1.90. The van der Waals surface area contributed by atoms with Gasteiger partial charge in [-0.25, -0.2) is 4.99 Å². The third-order valence-corrected chi connectivity index (χ3v) is 2.88. The SMILES string of the molecule is [2H]C([2H])([2H])C(=C1N=C(c2ccccc2)C(C)(C)C1=O)C([2H])([2H])[2H]. The van der Waals surface area contributed by atoms with Gasteiger partial charge in [0.15, 0.2) is 5.78 Å². The third-order valence-electron chi connectivity index (χ3n) is 2.88. The summed E-state index contributed by atoms with van der Waals surface area (Å²) in [5, 5.41) is 0. The van der Waals surface area contributed by atoms with Gasteiger partial charge in [0.1, 0.15) is 5.70 Å². The van der Waals surface area contributed by atoms with Gasteiger partial charge in [-0.1, -0.05) is 30.3 Å². The lowest BCUT2D eigenvalue weighted by Crippen LogP contribution is -2.29. The largest absolute Gasteiger partial charge is 0.291 e. The fourth-order valence-electron chi connectivity index (χ4n) is 1.90. The van der Waals surface area contributed by atoms with Crippen molar-refractivity contribution in [2.45, 2.75) is 27.6 Å². The first-order chi connectivity index (χ1) is 10.4. The summed E-state index contributed by atoms with van der Waals surface area (Å²) in [6.07, 6.45) is 0. The molecule has 0 spiro atoms. The van der Waals surface area contributed by atoms with Gasteiger partial charge < -0.3 is 0 Å². The number of carbonyl (C=O) groups excluding carboxylic acids is 1. The Labute approximate surface area is 111 Å². The number of benzene rings is 1. The van der Waals surface area contributed by atoms with E-state index in [9.17, 15) is 4.79 Å². The fraction of sp³-hybridized carbons (Fsp3) is 0.333. The highest BCUT2D eigenvalue weighted by atomic mass is 16.1. The van der Waals surface area contributed by atoms with E-state index in [1.54, 1.807) is 44.2 Å². The number of allylic oxidation sites excluding steroid dienone is 2. The van der Waals surface area contributed by atoms with Crippen molar-refractivity contribution in [1.29, 1.82) is 0 Å². The molecule has 0 aliphatic carbocycles. The Morgan fingerprint density at radius 2 is 1.88 bits per heavy atom. The van der Waals surface area contributed by atoms with Crippen LogP contribution >= 0.6 is 0 Å². The van der Waals surface area contributed by atoms with Gasteiger partial charge in [-0.15, -0.1) is 0 Å². The minimum Gasteiger partial charge on any atom is -0.291 e. The molecule has 0 aromatic heterocycles. The average Bonchev–Trinajstić information content (AvgIpc) is 2.60. The lowest BCUT2D eigenvalue weighted by atomic mass is 9.81. The molecule has 0 bridgehead atoms. The standard InChI is InChI=1S/C15H17NO/c1-10(2)12-14(17)15(3,4)13(16-12)11-8-6-5-7-9-11/h5-9H,1-4H3/i1D3,2D3. The Hall–Kier alpha value is -1.70. The van der Waals surface area contributed by atoms with Crippen LogP contribution in [0.5, 0.6) is 0 Å². The molecule has 1 aliphatic rings. The van der Waals surface area contributed by atoms with E-state index in [4.69, 9.17) is 8.22 Å². The molecule has 88 valence electrons. The van der Waals surface area contributed by atoms with Gasteiger partial charge in [-0.3, -0.25) is 4.79 Å². The molecular formula is C15H17NO. The zero-order valence-electron chi connectivity index (χ0n) is 15.7. The number of carbonyl (C=O) groups is 1. The first-order valence-corrected chi connectivity index (χ1v) is 5.31. The number of hydrogen-bond donors (Lipinski definition) is 0. The molecule has 17 heavy (non-hydrogen) atoms. The summed E-state index contributed by atoms with van der Waals surface area (Å²) >= 11 is 0. The molecule has 0 amide bonds. The minimum absolute atomic E-state index is 0.379. The highest BCUT2D eigenvalue weighted by molar-refractivity contribution is 6.26. The van der Waals surface area contributed by atoms with Crippen molar-refractivity contribution in [3.8, 4) is 0 Å². The maximum atomic E-state index is 12.7. The maximum Gasteiger partial charge on any atom is 0.192 e. The molecule has 0 unspecified atom stereocenters. The number of nitrogens with zero attached hydrogens (tertiary/aromatic N) is 1. The molecule has 2 rings (SSSR count). The van der Waals surface area contributed by atoms with Crippen LogP contribution in [0.25, 0.3) is 0 Å². The second-order valence-electron chi connectivity index (χ2n) is 4.50. The third kappa shape index (κ3) is 1.84. The van der Waals surface area contributed by atoms with E-state index >= 15 is 0 Å². The van der Waals surface area contributed by atoms with E-state index in [1.165, 1.54) is 0 Å². The predicted molar refractivity (Wildman–Crippen MR) is 70.1 cm³/mol. The van der Waals surface area contributed by atoms with Crippen molar-refractivity contribution < 1.29 is 13.0 Å². The number of aliphatic imine (C=N–C) groups is 1. The Kier molecular flexibility index (Phi) is 1.46. The van der Waals surface area contributed by atoms with Gasteiger partial charge in [0.25, 0.3) is 0 Å². The van der Waals surface area contributed by atoms with Gasteiger partial charge in [-0.05, 0) is 38.7 Å². The zero-order chi connectivity index (χ0) is 17.6. The average molecular weight is 233 g/mol. The topological polar surface area (TPSA) is 29.4 Å². The van der Waals surface area contributed by atoms with Crippen LogP contribution in [0.3, 0.4) is 0 Å². The van der Waals surface area contributed by atoms with Crippen molar-refractivity contribution in [3.63, 3.8) is 0 Å². The van der Waals surface area contributed by atoms with Gasteiger partial charge >= 0.3 is 0 Å². The molecule has 0 atom stereocenters. The number of rotatable bonds is 1. The van der Waals surface area contributed by atoms with Crippen LogP contribution in [0.4, 0.5) is 0 Å². The van der Waals surface area contributed by atoms with Gasteiger partial charge in [0.2, 0.25) is 0 Å². The van der Waals surface area contributed by atoms with Crippen LogP contribution in [-0.4, -0.2) is 11.5 Å². The van der Waals surface area contributed by atoms with Gasteiger partial charge in [0, 0.05) is 8.22 Å². The Morgan fingerprint density at radius 1 is 1.24 bits per heavy atom. The monoisotopic (exact) mass is 233 g/mol. The predicted octanol–water partition coefficient (Wildman–Crippen LogP) is 3.38. The van der Waals surface area contributed by atoms with Crippen LogP contribution < -0.4 is 0 Å². The zero-order valence-corrected chi connectivity index (χ0v) is 9.74. The Bertz CT molecular complexity index is 679. The lowest BCUT2D eigenvalue weighted by Gasteiger charge is -2.18. The first kappa shape index (κ1) is 6.29. The lowest BCUT2D eigenvalue weighted by molar-refractivity contribution is -0.119. The smallest absolute Gasteiger partial charge is 0.192 e. The Balaban J connectivity index is 2.76. The van der Waals surface area contributed by atoms with Crippen LogP contribution in [0.2, 0.25) is 0 Å². The van der Waals surface area contributed by atoms with Crippen LogP contribution in [0.15, 0.2) is 46.6 Å². The summed E-state index contributed by atoms with van der Waals surface area (Å²) in [6, 6.07) is 8.85. The van der Waals surface area contributed by atoms with Crippen LogP contribution in [0, 0.1) is 5.41 Å². The highest BCUT2D eigenvalue weighted by Crippen LogP contribution is 2.35. The van der Waals surface area contributed by atoms with E-state index < -0.39 is 36.2 Å². The number of Topliss-reactive ketones (excluding diaryl/α,β-unsaturated/α-hetero) is 1. The van der Waals surface area contributed by atoms with Crippen molar-refractivity contribution in [2.24, 2.45) is 10.4 Å². The van der Waals surface area contributed by atoms with E-state index in [2.05, 4.69) is 4.99 Å². The second kappa shape index (κ2) is 3.95. The van der Waals surface area contributed by atoms with Gasteiger partial charge in [-0.2, -0.15) is 0 Å². The quantitative estimate of drug-likeness (QED) is 0.684. The number of hydrogen-bond acceptors (Lipinski definition) is 2. The van der Waals surface area contributed by atoms with E-state index in [-0.39, 0.29) is 0 Å². The summed E-state index contributed by atoms with van der Waals surface area (Å²) in [5.41, 5.74) is -1.37.